The van der Waals surface area contributed by atoms with Gasteiger partial charge in [-0.25, -0.2) is 0 Å². The van der Waals surface area contributed by atoms with Crippen LogP contribution in [-0.2, 0) is 4.79 Å². The molecule has 2 amide bonds. The summed E-state index contributed by atoms with van der Waals surface area (Å²) in [7, 11) is 0. The second-order valence-electron chi connectivity index (χ2n) is 7.51. The molecule has 31 heavy (non-hydrogen) atoms. The van der Waals surface area contributed by atoms with Crippen LogP contribution in [0.5, 0.6) is 0 Å². The van der Waals surface area contributed by atoms with Crippen molar-refractivity contribution in [3.63, 3.8) is 0 Å². The quantitative estimate of drug-likeness (QED) is 0.560. The van der Waals surface area contributed by atoms with Crippen molar-refractivity contribution >= 4 is 33.4 Å². The van der Waals surface area contributed by atoms with E-state index in [0.29, 0.717) is 42.5 Å². The Kier molecular flexibility index (Phi) is 6.46. The number of piperidine rings is 1. The summed E-state index contributed by atoms with van der Waals surface area (Å²) in [5.74, 6) is 0.933. The first-order valence-corrected chi connectivity index (χ1v) is 11.1. The van der Waals surface area contributed by atoms with E-state index in [0.717, 1.165) is 22.9 Å². The average molecular weight is 483 g/mol. The van der Waals surface area contributed by atoms with Gasteiger partial charge >= 0.3 is 0 Å². The first kappa shape index (κ1) is 21.2. The molecule has 1 aromatic heterocycles. The predicted molar refractivity (Wildman–Crippen MR) is 121 cm³/mol. The molecule has 2 heterocycles. The van der Waals surface area contributed by atoms with Crippen LogP contribution in [0.1, 0.15) is 48.4 Å². The number of aromatic nitrogens is 2. The topological polar surface area (TPSA) is 88.3 Å². The summed E-state index contributed by atoms with van der Waals surface area (Å²) < 4.78 is 6.35. The molecule has 1 N–H and O–H groups in total. The molecule has 0 unspecified atom stereocenters. The van der Waals surface area contributed by atoms with Crippen molar-refractivity contribution in [1.82, 2.24) is 15.0 Å². The van der Waals surface area contributed by atoms with Crippen molar-refractivity contribution < 1.29 is 14.1 Å². The molecule has 1 saturated heterocycles. The fraction of sp³-hybridized carbons (Fsp3) is 0.304. The molecule has 8 heteroatoms. The molecule has 1 aliphatic rings. The molecule has 0 aliphatic carbocycles. The van der Waals surface area contributed by atoms with E-state index in [1.54, 1.807) is 6.92 Å². The lowest BCUT2D eigenvalue weighted by atomic mass is 9.97. The largest absolute Gasteiger partial charge is 0.339 e. The number of carbonyl (C=O) groups excluding carboxylic acids is 2. The maximum Gasteiger partial charge on any atom is 0.255 e. The standard InChI is InChI=1S/C23H23BrN4O3/c1-2-20(29)25-17-9-5-7-15(13-17)21-26-22(31-27-21)16-8-6-12-28(14-16)23(30)18-10-3-4-11-19(18)24/h3-5,7,9-11,13,16H,2,6,8,12,14H2,1H3,(H,25,29)/t16-/m1/s1. The van der Waals surface area contributed by atoms with Gasteiger partial charge in [-0.15, -0.1) is 0 Å². The van der Waals surface area contributed by atoms with Crippen LogP contribution in [0.25, 0.3) is 11.4 Å². The maximum atomic E-state index is 13.0. The third kappa shape index (κ3) is 4.85. The van der Waals surface area contributed by atoms with Crippen molar-refractivity contribution in [2.75, 3.05) is 18.4 Å². The lowest BCUT2D eigenvalue weighted by Gasteiger charge is -2.31. The average Bonchev–Trinajstić information content (AvgIpc) is 3.30. The molecule has 0 saturated carbocycles. The Morgan fingerprint density at radius 1 is 1.23 bits per heavy atom. The Balaban J connectivity index is 1.49. The van der Waals surface area contributed by atoms with Gasteiger partial charge in [0.2, 0.25) is 17.6 Å². The SMILES string of the molecule is CCC(=O)Nc1cccc(-c2noc([C@@H]3CCCN(C(=O)c4ccccc4Br)C3)n2)c1. The zero-order chi connectivity index (χ0) is 21.8. The van der Waals surface area contributed by atoms with Gasteiger partial charge in [-0.05, 0) is 53.0 Å². The number of hydrogen-bond donors (Lipinski definition) is 1. The zero-order valence-electron chi connectivity index (χ0n) is 17.2. The monoisotopic (exact) mass is 482 g/mol. The molecular weight excluding hydrogens is 460 g/mol. The number of halogens is 1. The van der Waals surface area contributed by atoms with E-state index in [-0.39, 0.29) is 17.7 Å². The summed E-state index contributed by atoms with van der Waals surface area (Å²) >= 11 is 3.46. The molecule has 0 bridgehead atoms. The van der Waals surface area contributed by atoms with Crippen LogP contribution in [0.3, 0.4) is 0 Å². The smallest absolute Gasteiger partial charge is 0.255 e. The Morgan fingerprint density at radius 3 is 2.87 bits per heavy atom. The van der Waals surface area contributed by atoms with E-state index < -0.39 is 0 Å². The van der Waals surface area contributed by atoms with Gasteiger partial charge in [0.1, 0.15) is 0 Å². The van der Waals surface area contributed by atoms with Crippen molar-refractivity contribution in [2.45, 2.75) is 32.1 Å². The highest BCUT2D eigenvalue weighted by Gasteiger charge is 2.29. The first-order valence-electron chi connectivity index (χ1n) is 10.3. The minimum absolute atomic E-state index is 0.00344. The van der Waals surface area contributed by atoms with Crippen LogP contribution >= 0.6 is 15.9 Å². The van der Waals surface area contributed by atoms with E-state index >= 15 is 0 Å². The van der Waals surface area contributed by atoms with E-state index in [1.165, 1.54) is 0 Å². The molecule has 2 aromatic carbocycles. The van der Waals surface area contributed by atoms with Crippen LogP contribution in [-0.4, -0.2) is 39.9 Å². The van der Waals surface area contributed by atoms with Gasteiger partial charge in [0.15, 0.2) is 0 Å². The Morgan fingerprint density at radius 2 is 2.06 bits per heavy atom. The van der Waals surface area contributed by atoms with Crippen molar-refractivity contribution in [1.29, 1.82) is 0 Å². The summed E-state index contributed by atoms with van der Waals surface area (Å²) in [4.78, 5) is 31.1. The molecular formula is C23H23BrN4O3. The number of hydrogen-bond acceptors (Lipinski definition) is 5. The fourth-order valence-electron chi connectivity index (χ4n) is 3.67. The molecule has 1 aliphatic heterocycles. The van der Waals surface area contributed by atoms with Crippen LogP contribution in [0.2, 0.25) is 0 Å². The van der Waals surface area contributed by atoms with Gasteiger partial charge in [0, 0.05) is 35.2 Å². The molecule has 0 spiro atoms. The van der Waals surface area contributed by atoms with E-state index in [4.69, 9.17) is 4.52 Å². The highest BCUT2D eigenvalue weighted by molar-refractivity contribution is 9.10. The van der Waals surface area contributed by atoms with Crippen LogP contribution < -0.4 is 5.32 Å². The Hall–Kier alpha value is -3.00. The second-order valence-corrected chi connectivity index (χ2v) is 8.36. The number of anilines is 1. The maximum absolute atomic E-state index is 13.0. The van der Waals surface area contributed by atoms with Gasteiger partial charge in [-0.1, -0.05) is 36.3 Å². The Labute approximate surface area is 189 Å². The van der Waals surface area contributed by atoms with E-state index in [9.17, 15) is 9.59 Å². The summed E-state index contributed by atoms with van der Waals surface area (Å²) in [5, 5.41) is 6.97. The van der Waals surface area contributed by atoms with Crippen molar-refractivity contribution in [3.05, 3.63) is 64.5 Å². The predicted octanol–water partition coefficient (Wildman–Crippen LogP) is 4.87. The minimum atomic E-state index is -0.0528. The lowest BCUT2D eigenvalue weighted by molar-refractivity contribution is -0.115. The number of carbonyl (C=O) groups is 2. The van der Waals surface area contributed by atoms with Gasteiger partial charge in [0.05, 0.1) is 11.5 Å². The first-order chi connectivity index (χ1) is 15.0. The van der Waals surface area contributed by atoms with Gasteiger partial charge in [0.25, 0.3) is 5.91 Å². The third-order valence-electron chi connectivity index (χ3n) is 5.33. The molecule has 4 rings (SSSR count). The lowest BCUT2D eigenvalue weighted by Crippen LogP contribution is -2.39. The normalized spacial score (nSPS) is 16.2. The second kappa shape index (κ2) is 9.43. The zero-order valence-corrected chi connectivity index (χ0v) is 18.8. The molecule has 1 fully saturated rings. The minimum Gasteiger partial charge on any atom is -0.339 e. The van der Waals surface area contributed by atoms with E-state index in [1.807, 2.05) is 53.4 Å². The van der Waals surface area contributed by atoms with Gasteiger partial charge in [-0.3, -0.25) is 9.59 Å². The number of amides is 2. The molecule has 1 atom stereocenters. The molecule has 160 valence electrons. The number of rotatable bonds is 5. The van der Waals surface area contributed by atoms with Crippen LogP contribution in [0, 0.1) is 0 Å². The van der Waals surface area contributed by atoms with Crippen molar-refractivity contribution in [2.24, 2.45) is 0 Å². The molecule has 0 radical (unpaired) electrons. The van der Waals surface area contributed by atoms with Crippen molar-refractivity contribution in [3.8, 4) is 11.4 Å². The summed E-state index contributed by atoms with van der Waals surface area (Å²) in [6, 6.07) is 14.8. The Bertz CT molecular complexity index is 1100. The fourth-order valence-corrected chi connectivity index (χ4v) is 4.13. The highest BCUT2D eigenvalue weighted by Crippen LogP contribution is 2.30. The van der Waals surface area contributed by atoms with Gasteiger partial charge in [-0.2, -0.15) is 4.98 Å². The molecule has 3 aromatic rings. The number of likely N-dealkylation sites (tertiary alicyclic amines) is 1. The number of nitrogens with zero attached hydrogens (tertiary/aromatic N) is 3. The summed E-state index contributed by atoms with van der Waals surface area (Å²) in [6.07, 6.45) is 2.16. The van der Waals surface area contributed by atoms with Gasteiger partial charge < -0.3 is 14.7 Å². The number of nitrogens with one attached hydrogen (secondary N) is 1. The van der Waals surface area contributed by atoms with Crippen LogP contribution in [0.15, 0.2) is 57.5 Å². The highest BCUT2D eigenvalue weighted by atomic mass is 79.9. The summed E-state index contributed by atoms with van der Waals surface area (Å²) in [6.45, 7) is 3.05. The van der Waals surface area contributed by atoms with E-state index in [2.05, 4.69) is 31.4 Å². The molecule has 7 nitrogen and oxygen atoms in total. The third-order valence-corrected chi connectivity index (χ3v) is 6.02. The number of benzene rings is 2. The summed E-state index contributed by atoms with van der Waals surface area (Å²) in [5.41, 5.74) is 2.11. The van der Waals surface area contributed by atoms with Crippen LogP contribution in [0.4, 0.5) is 5.69 Å².